The molecule has 0 saturated heterocycles. The van der Waals surface area contributed by atoms with Gasteiger partial charge in [-0.05, 0) is 43.4 Å². The lowest BCUT2D eigenvalue weighted by molar-refractivity contribution is -0.161. The number of rotatable bonds is 69. The molecule has 0 aliphatic rings. The first-order chi connectivity index (χ1) is 43.3. The van der Waals surface area contributed by atoms with Crippen molar-refractivity contribution >= 4 is 39.5 Å². The maximum atomic E-state index is 13.0. The molecule has 0 spiro atoms. The van der Waals surface area contributed by atoms with Crippen molar-refractivity contribution in [3.63, 3.8) is 0 Å². The minimum Gasteiger partial charge on any atom is -0.462 e. The molecule has 0 heterocycles. The highest BCUT2D eigenvalue weighted by atomic mass is 31.2. The van der Waals surface area contributed by atoms with E-state index in [9.17, 15) is 43.2 Å². The van der Waals surface area contributed by atoms with E-state index < -0.39 is 97.5 Å². The number of ether oxygens (including phenoxy) is 4. The van der Waals surface area contributed by atoms with Gasteiger partial charge in [0.2, 0.25) is 0 Å². The van der Waals surface area contributed by atoms with Crippen LogP contribution in [0.4, 0.5) is 0 Å². The number of phosphoric acid groups is 2. The van der Waals surface area contributed by atoms with Gasteiger partial charge >= 0.3 is 39.5 Å². The predicted molar refractivity (Wildman–Crippen MR) is 363 cm³/mol. The average molecular weight is 1330 g/mol. The third-order valence-corrected chi connectivity index (χ3v) is 18.6. The van der Waals surface area contributed by atoms with Crippen molar-refractivity contribution in [2.45, 2.75) is 375 Å². The summed E-state index contributed by atoms with van der Waals surface area (Å²) in [4.78, 5) is 72.6. The van der Waals surface area contributed by atoms with E-state index in [0.717, 1.165) is 108 Å². The summed E-state index contributed by atoms with van der Waals surface area (Å²) in [5.41, 5.74) is 0. The second-order valence-electron chi connectivity index (χ2n) is 26.8. The quantitative estimate of drug-likeness (QED) is 0.0222. The van der Waals surface area contributed by atoms with Gasteiger partial charge in [-0.15, -0.1) is 0 Å². The van der Waals surface area contributed by atoms with Gasteiger partial charge in [-0.25, -0.2) is 9.13 Å². The third-order valence-electron chi connectivity index (χ3n) is 16.7. The monoisotopic (exact) mass is 1320 g/mol. The zero-order chi connectivity index (χ0) is 66.6. The number of hydrogen-bond acceptors (Lipinski definition) is 15. The lowest BCUT2D eigenvalue weighted by Crippen LogP contribution is -2.30. The highest BCUT2D eigenvalue weighted by Gasteiger charge is 2.30. The van der Waals surface area contributed by atoms with Gasteiger partial charge in [0.1, 0.15) is 19.3 Å². The van der Waals surface area contributed by atoms with Gasteiger partial charge in [0.25, 0.3) is 0 Å². The molecule has 0 aromatic rings. The first-order valence-corrected chi connectivity index (χ1v) is 39.9. The van der Waals surface area contributed by atoms with E-state index in [2.05, 4.69) is 48.5 Å². The topological polar surface area (TPSA) is 237 Å². The Bertz CT molecular complexity index is 1770. The van der Waals surface area contributed by atoms with Crippen LogP contribution in [0.25, 0.3) is 0 Å². The zero-order valence-corrected chi connectivity index (χ0v) is 60.4. The van der Waals surface area contributed by atoms with Crippen molar-refractivity contribution in [1.82, 2.24) is 0 Å². The Labute approximate surface area is 549 Å². The van der Waals surface area contributed by atoms with Gasteiger partial charge in [0.15, 0.2) is 12.2 Å². The summed E-state index contributed by atoms with van der Waals surface area (Å²) in [6.45, 7) is 11.9. The van der Waals surface area contributed by atoms with Crippen molar-refractivity contribution in [2.24, 2.45) is 17.8 Å². The summed E-state index contributed by atoms with van der Waals surface area (Å²) in [7, 11) is -9.90. The van der Waals surface area contributed by atoms with E-state index >= 15 is 0 Å². The fourth-order valence-corrected chi connectivity index (χ4v) is 12.3. The summed E-state index contributed by atoms with van der Waals surface area (Å²) in [6.07, 6.45) is 45.7. The molecule has 0 aromatic carbocycles. The van der Waals surface area contributed by atoms with E-state index in [1.807, 2.05) is 0 Å². The van der Waals surface area contributed by atoms with Crippen molar-refractivity contribution in [2.75, 3.05) is 39.6 Å². The van der Waals surface area contributed by atoms with Gasteiger partial charge in [0.05, 0.1) is 26.4 Å². The highest BCUT2D eigenvalue weighted by molar-refractivity contribution is 7.47. The van der Waals surface area contributed by atoms with Crippen LogP contribution in [0, 0.1) is 17.8 Å². The van der Waals surface area contributed by atoms with Crippen LogP contribution in [0.3, 0.4) is 0 Å². The number of carbonyl (C=O) groups excluding carboxylic acids is 4. The van der Waals surface area contributed by atoms with Crippen LogP contribution in [0.1, 0.15) is 357 Å². The lowest BCUT2D eigenvalue weighted by Gasteiger charge is -2.21. The Morgan fingerprint density at radius 1 is 0.322 bits per heavy atom. The van der Waals surface area contributed by atoms with Crippen LogP contribution in [0.5, 0.6) is 0 Å². The summed E-state index contributed by atoms with van der Waals surface area (Å²) < 4.78 is 68.3. The molecule has 0 amide bonds. The second-order valence-corrected chi connectivity index (χ2v) is 29.7. The molecule has 3 N–H and O–H groups in total. The molecule has 0 radical (unpaired) electrons. The standard InChI is InChI=1S/C71H138O17P2/c1-8-10-11-12-13-21-31-38-45-52-68(73)81-58-66(88-71(76)55-48-41-34-27-20-23-29-36-43-50-63(5)6)60-85-89(77,78)83-56-65(72)57-84-90(79,80)86-61-67(59-82-69(74)53-46-39-32-25-19-18-24-30-37-44-51-64(7)9-2)87-70(75)54-47-40-33-26-17-15-14-16-22-28-35-42-49-62(3)4/h62-67,72H,8-61H2,1-7H3,(H,77,78)(H,79,80)/t64?,65-,66+,67+/m0/s1. The Kier molecular flexibility index (Phi) is 60.6. The average Bonchev–Trinajstić information content (AvgIpc) is 3.10. The number of unbranched alkanes of at least 4 members (excludes halogenated alkanes) is 36. The van der Waals surface area contributed by atoms with Crippen LogP contribution in [-0.2, 0) is 65.4 Å². The molecule has 0 bridgehead atoms. The van der Waals surface area contributed by atoms with Crippen LogP contribution < -0.4 is 0 Å². The molecule has 534 valence electrons. The third kappa shape index (κ3) is 63.5. The van der Waals surface area contributed by atoms with Gasteiger partial charge in [-0.2, -0.15) is 0 Å². The molecular weight excluding hydrogens is 1190 g/mol. The molecule has 0 aliphatic heterocycles. The van der Waals surface area contributed by atoms with Crippen molar-refractivity contribution in [3.05, 3.63) is 0 Å². The normalized spacial score (nSPS) is 14.5. The number of carbonyl (C=O) groups is 4. The molecule has 0 rings (SSSR count). The minimum atomic E-state index is -4.95. The fraction of sp³-hybridized carbons (Fsp3) is 0.944. The molecule has 0 aromatic heterocycles. The van der Waals surface area contributed by atoms with Gasteiger partial charge in [0, 0.05) is 25.7 Å². The summed E-state index contributed by atoms with van der Waals surface area (Å²) in [5.74, 6) is 0.197. The maximum Gasteiger partial charge on any atom is 0.472 e. The van der Waals surface area contributed by atoms with Gasteiger partial charge < -0.3 is 33.8 Å². The Morgan fingerprint density at radius 2 is 0.567 bits per heavy atom. The molecule has 0 fully saturated rings. The minimum absolute atomic E-state index is 0.105. The van der Waals surface area contributed by atoms with Crippen LogP contribution in [0.15, 0.2) is 0 Å². The molecule has 3 unspecified atom stereocenters. The summed E-state index contributed by atoms with van der Waals surface area (Å²) in [5, 5.41) is 10.6. The molecule has 19 heteroatoms. The van der Waals surface area contributed by atoms with Gasteiger partial charge in [-0.3, -0.25) is 37.3 Å². The van der Waals surface area contributed by atoms with E-state index in [4.69, 9.17) is 37.0 Å². The van der Waals surface area contributed by atoms with E-state index in [1.165, 1.54) is 167 Å². The number of esters is 4. The van der Waals surface area contributed by atoms with Crippen molar-refractivity contribution < 1.29 is 80.2 Å². The Hall–Kier alpha value is -1.94. The molecule has 0 saturated carbocycles. The molecular formula is C71H138O17P2. The van der Waals surface area contributed by atoms with Crippen LogP contribution in [0.2, 0.25) is 0 Å². The Balaban J connectivity index is 5.25. The van der Waals surface area contributed by atoms with Gasteiger partial charge in [-0.1, -0.05) is 305 Å². The van der Waals surface area contributed by atoms with Crippen LogP contribution in [-0.4, -0.2) is 96.7 Å². The first kappa shape index (κ1) is 88.1. The van der Waals surface area contributed by atoms with Crippen molar-refractivity contribution in [3.8, 4) is 0 Å². The zero-order valence-electron chi connectivity index (χ0n) is 58.6. The van der Waals surface area contributed by atoms with E-state index in [-0.39, 0.29) is 25.7 Å². The molecule has 6 atom stereocenters. The molecule has 90 heavy (non-hydrogen) atoms. The number of phosphoric ester groups is 2. The maximum absolute atomic E-state index is 13.0. The highest BCUT2D eigenvalue weighted by Crippen LogP contribution is 2.45. The molecule has 17 nitrogen and oxygen atoms in total. The largest absolute Gasteiger partial charge is 0.472 e. The number of aliphatic hydroxyl groups excluding tert-OH is 1. The summed E-state index contributed by atoms with van der Waals surface area (Å²) >= 11 is 0. The smallest absolute Gasteiger partial charge is 0.462 e. The second kappa shape index (κ2) is 61.9. The fourth-order valence-electron chi connectivity index (χ4n) is 10.7. The Morgan fingerprint density at radius 3 is 0.844 bits per heavy atom. The summed E-state index contributed by atoms with van der Waals surface area (Å²) in [6, 6.07) is 0. The van der Waals surface area contributed by atoms with E-state index in [1.54, 1.807) is 0 Å². The predicted octanol–water partition coefficient (Wildman–Crippen LogP) is 20.2. The lowest BCUT2D eigenvalue weighted by atomic mass is 9.99. The molecule has 0 aliphatic carbocycles. The van der Waals surface area contributed by atoms with Crippen LogP contribution >= 0.6 is 15.6 Å². The van der Waals surface area contributed by atoms with E-state index in [0.29, 0.717) is 25.7 Å². The number of hydrogen-bond donors (Lipinski definition) is 3. The SMILES string of the molecule is CCCCCCCCCCCC(=O)OC[C@H](COP(=O)(O)OC[C@H](O)COP(=O)(O)OC[C@@H](COC(=O)CCCCCCCCCCCCC(C)CC)OC(=O)CCCCCCCCCCCCCCC(C)C)OC(=O)CCCCCCCCCCCC(C)C. The van der Waals surface area contributed by atoms with Crippen molar-refractivity contribution in [1.29, 1.82) is 0 Å². The first-order valence-electron chi connectivity index (χ1n) is 36.9. The number of aliphatic hydroxyl groups is 1.